The molecule has 0 bridgehead atoms. The average Bonchev–Trinajstić information content (AvgIpc) is 3.01. The summed E-state index contributed by atoms with van der Waals surface area (Å²) >= 11 is 1.29. The van der Waals surface area contributed by atoms with Crippen LogP contribution in [0.2, 0.25) is 0 Å². The van der Waals surface area contributed by atoms with Gasteiger partial charge in [0.05, 0.1) is 21.7 Å². The topological polar surface area (TPSA) is 104 Å². The lowest BCUT2D eigenvalue weighted by Crippen LogP contribution is -2.22. The van der Waals surface area contributed by atoms with Crippen LogP contribution in [0.3, 0.4) is 0 Å². The van der Waals surface area contributed by atoms with Crippen LogP contribution in [0.15, 0.2) is 59.5 Å². The average molecular weight is 444 g/mol. The minimum absolute atomic E-state index is 0.0895. The van der Waals surface area contributed by atoms with Gasteiger partial charge in [-0.05, 0) is 43.7 Å². The van der Waals surface area contributed by atoms with Crippen LogP contribution in [0.4, 0.5) is 10.7 Å². The Morgan fingerprint density at radius 3 is 2.20 bits per heavy atom. The monoisotopic (exact) mass is 443 g/mol. The van der Waals surface area contributed by atoms with Crippen LogP contribution in [-0.4, -0.2) is 27.3 Å². The molecule has 0 unspecified atom stereocenters. The summed E-state index contributed by atoms with van der Waals surface area (Å²) in [5.41, 5.74) is 1.47. The molecule has 0 aliphatic rings. The number of amides is 2. The number of carbonyl (C=O) groups excluding carboxylic acids is 2. The van der Waals surface area contributed by atoms with E-state index < -0.39 is 15.9 Å². The first-order valence-electron chi connectivity index (χ1n) is 9.05. The van der Waals surface area contributed by atoms with E-state index in [1.165, 1.54) is 42.6 Å². The molecule has 1 heterocycles. The summed E-state index contributed by atoms with van der Waals surface area (Å²) in [6.45, 7) is 3.68. The Bertz CT molecular complexity index is 1200. The van der Waals surface area contributed by atoms with Crippen molar-refractivity contribution in [3.63, 3.8) is 0 Å². The molecule has 30 heavy (non-hydrogen) atoms. The van der Waals surface area contributed by atoms with Gasteiger partial charge in [0.25, 0.3) is 21.8 Å². The third-order valence-corrected chi connectivity index (χ3v) is 7.04. The van der Waals surface area contributed by atoms with Crippen molar-refractivity contribution in [2.75, 3.05) is 17.1 Å². The highest BCUT2D eigenvalue weighted by molar-refractivity contribution is 7.92. The van der Waals surface area contributed by atoms with E-state index in [0.717, 1.165) is 10.4 Å². The Balaban J connectivity index is 1.93. The maximum Gasteiger partial charge on any atom is 0.261 e. The quantitative estimate of drug-likeness (QED) is 0.539. The molecule has 156 valence electrons. The molecule has 0 atom stereocenters. The van der Waals surface area contributed by atoms with Gasteiger partial charge in [0.15, 0.2) is 0 Å². The predicted molar refractivity (Wildman–Crippen MR) is 119 cm³/mol. The lowest BCUT2D eigenvalue weighted by molar-refractivity contribution is 0.0963. The minimum atomic E-state index is -3.86. The van der Waals surface area contributed by atoms with Gasteiger partial charge >= 0.3 is 0 Å². The Kier molecular flexibility index (Phi) is 6.23. The molecule has 3 N–H and O–H groups in total. The van der Waals surface area contributed by atoms with E-state index in [1.807, 2.05) is 13.8 Å². The van der Waals surface area contributed by atoms with Gasteiger partial charge in [-0.2, -0.15) is 0 Å². The van der Waals surface area contributed by atoms with Gasteiger partial charge in [0.2, 0.25) is 0 Å². The van der Waals surface area contributed by atoms with Crippen molar-refractivity contribution in [3.05, 3.63) is 76.2 Å². The van der Waals surface area contributed by atoms with Crippen molar-refractivity contribution < 1.29 is 18.0 Å². The standard InChI is InChI=1S/C21H21N3O4S2/c1-13-14(2)29-21(18(13)20(26)22-3)23-19(25)16-11-7-8-12-17(16)24-30(27,28)15-9-5-4-6-10-15/h4-12,24H,1-3H3,(H,22,26)(H,23,25). The van der Waals surface area contributed by atoms with Crippen molar-refractivity contribution in [3.8, 4) is 0 Å². The van der Waals surface area contributed by atoms with Crippen molar-refractivity contribution in [1.29, 1.82) is 0 Å². The molecule has 2 amide bonds. The molecule has 0 aliphatic heterocycles. The second-order valence-electron chi connectivity index (χ2n) is 6.48. The van der Waals surface area contributed by atoms with Crippen molar-refractivity contribution in [1.82, 2.24) is 5.32 Å². The number of hydrogen-bond donors (Lipinski definition) is 3. The molecule has 3 aromatic rings. The lowest BCUT2D eigenvalue weighted by atomic mass is 10.1. The number of carbonyl (C=O) groups is 2. The molecular weight excluding hydrogens is 422 g/mol. The van der Waals surface area contributed by atoms with Crippen LogP contribution in [0.25, 0.3) is 0 Å². The number of para-hydroxylation sites is 1. The van der Waals surface area contributed by atoms with E-state index in [-0.39, 0.29) is 22.1 Å². The summed E-state index contributed by atoms with van der Waals surface area (Å²) in [6, 6.07) is 14.2. The first kappa shape index (κ1) is 21.5. The summed E-state index contributed by atoms with van der Waals surface area (Å²) in [6.07, 6.45) is 0. The van der Waals surface area contributed by atoms with Crippen molar-refractivity contribution in [2.24, 2.45) is 0 Å². The summed E-state index contributed by atoms with van der Waals surface area (Å²) in [7, 11) is -2.34. The highest BCUT2D eigenvalue weighted by Gasteiger charge is 2.23. The van der Waals surface area contributed by atoms with Crippen molar-refractivity contribution in [2.45, 2.75) is 18.7 Å². The molecule has 0 saturated carbocycles. The van der Waals surface area contributed by atoms with E-state index >= 15 is 0 Å². The molecule has 0 radical (unpaired) electrons. The van der Waals surface area contributed by atoms with E-state index in [9.17, 15) is 18.0 Å². The van der Waals surface area contributed by atoms with Gasteiger partial charge < -0.3 is 10.6 Å². The number of sulfonamides is 1. The molecule has 0 fully saturated rings. The number of thiophene rings is 1. The Hall–Kier alpha value is -3.17. The fourth-order valence-corrected chi connectivity index (χ4v) is 5.01. The predicted octanol–water partition coefficient (Wildman–Crippen LogP) is 3.78. The Labute approximate surface area is 179 Å². The zero-order valence-corrected chi connectivity index (χ0v) is 18.3. The summed E-state index contributed by atoms with van der Waals surface area (Å²) < 4.78 is 27.8. The van der Waals surface area contributed by atoms with E-state index in [1.54, 1.807) is 30.3 Å². The zero-order valence-electron chi connectivity index (χ0n) is 16.6. The second kappa shape index (κ2) is 8.68. The van der Waals surface area contributed by atoms with Gasteiger partial charge in [-0.15, -0.1) is 11.3 Å². The molecule has 0 saturated heterocycles. The number of nitrogens with one attached hydrogen (secondary N) is 3. The fraction of sp³-hybridized carbons (Fsp3) is 0.143. The van der Waals surface area contributed by atoms with Gasteiger partial charge in [0.1, 0.15) is 5.00 Å². The van der Waals surface area contributed by atoms with Gasteiger partial charge in [-0.25, -0.2) is 8.42 Å². The number of rotatable bonds is 6. The summed E-state index contributed by atoms with van der Waals surface area (Å²) in [4.78, 5) is 26.2. The van der Waals surface area contributed by atoms with Gasteiger partial charge in [-0.1, -0.05) is 30.3 Å². The van der Waals surface area contributed by atoms with Crippen LogP contribution in [0.5, 0.6) is 0 Å². The first-order valence-corrected chi connectivity index (χ1v) is 11.3. The largest absolute Gasteiger partial charge is 0.355 e. The summed E-state index contributed by atoms with van der Waals surface area (Å²) in [5, 5.41) is 5.74. The van der Waals surface area contributed by atoms with E-state index in [0.29, 0.717) is 10.6 Å². The fourth-order valence-electron chi connectivity index (χ4n) is 2.86. The maximum atomic E-state index is 13.0. The highest BCUT2D eigenvalue weighted by Crippen LogP contribution is 2.33. The van der Waals surface area contributed by atoms with Crippen LogP contribution >= 0.6 is 11.3 Å². The first-order chi connectivity index (χ1) is 14.2. The Morgan fingerprint density at radius 1 is 0.900 bits per heavy atom. The van der Waals surface area contributed by atoms with Crippen LogP contribution in [-0.2, 0) is 10.0 Å². The molecule has 2 aromatic carbocycles. The number of anilines is 2. The molecule has 9 heteroatoms. The van der Waals surface area contributed by atoms with Gasteiger partial charge in [0, 0.05) is 11.9 Å². The molecule has 1 aromatic heterocycles. The molecule has 7 nitrogen and oxygen atoms in total. The zero-order chi connectivity index (χ0) is 21.9. The molecule has 0 spiro atoms. The normalized spacial score (nSPS) is 11.0. The smallest absolute Gasteiger partial charge is 0.261 e. The molecule has 3 rings (SSSR count). The number of benzene rings is 2. The number of hydrogen-bond acceptors (Lipinski definition) is 5. The SMILES string of the molecule is CNC(=O)c1c(NC(=O)c2ccccc2NS(=O)(=O)c2ccccc2)sc(C)c1C. The highest BCUT2D eigenvalue weighted by atomic mass is 32.2. The summed E-state index contributed by atoms with van der Waals surface area (Å²) in [5.74, 6) is -0.821. The van der Waals surface area contributed by atoms with Crippen LogP contribution < -0.4 is 15.4 Å². The van der Waals surface area contributed by atoms with E-state index in [4.69, 9.17) is 0 Å². The van der Waals surface area contributed by atoms with Crippen LogP contribution in [0.1, 0.15) is 31.2 Å². The number of aryl methyl sites for hydroxylation is 1. The maximum absolute atomic E-state index is 13.0. The minimum Gasteiger partial charge on any atom is -0.355 e. The third kappa shape index (κ3) is 4.37. The van der Waals surface area contributed by atoms with Crippen LogP contribution in [0, 0.1) is 13.8 Å². The second-order valence-corrected chi connectivity index (χ2v) is 9.39. The molecular formula is C21H21N3O4S2. The van der Waals surface area contributed by atoms with Crippen molar-refractivity contribution >= 4 is 43.9 Å². The lowest BCUT2D eigenvalue weighted by Gasteiger charge is -2.13. The Morgan fingerprint density at radius 2 is 1.53 bits per heavy atom. The third-order valence-electron chi connectivity index (χ3n) is 4.54. The molecule has 0 aliphatic carbocycles. The van der Waals surface area contributed by atoms with Gasteiger partial charge in [-0.3, -0.25) is 14.3 Å². The van der Waals surface area contributed by atoms with E-state index in [2.05, 4.69) is 15.4 Å².